The van der Waals surface area contributed by atoms with Crippen molar-refractivity contribution in [3.63, 3.8) is 0 Å². The summed E-state index contributed by atoms with van der Waals surface area (Å²) < 4.78 is 34.7. The summed E-state index contributed by atoms with van der Waals surface area (Å²) in [5, 5.41) is 4.30. The molecule has 1 N–H and O–H groups in total. The number of aryl methyl sites for hydroxylation is 1. The number of hydrogen-bond acceptors (Lipinski definition) is 8. The van der Waals surface area contributed by atoms with Gasteiger partial charge in [0, 0.05) is 33.0 Å². The maximum absolute atomic E-state index is 12.7. The van der Waals surface area contributed by atoms with Gasteiger partial charge in [-0.2, -0.15) is 0 Å². The second-order valence-corrected chi connectivity index (χ2v) is 11.0. The van der Waals surface area contributed by atoms with Crippen molar-refractivity contribution < 1.29 is 28.1 Å². The molecule has 1 amide bonds. The van der Waals surface area contributed by atoms with Crippen LogP contribution < -0.4 is 15.0 Å². The average Bonchev–Trinajstić information content (AvgIpc) is 3.28. The molecule has 0 unspecified atom stereocenters. The van der Waals surface area contributed by atoms with E-state index < -0.39 is 18.4 Å². The van der Waals surface area contributed by atoms with Crippen LogP contribution in [-0.4, -0.2) is 64.1 Å². The van der Waals surface area contributed by atoms with Gasteiger partial charge in [-0.15, -0.1) is 11.3 Å². The number of aromatic nitrogens is 1. The number of fused-ring (bicyclic) bond motifs is 1. The van der Waals surface area contributed by atoms with Crippen LogP contribution in [0.15, 0.2) is 30.3 Å². The molecule has 0 atom stereocenters. The lowest BCUT2D eigenvalue weighted by Gasteiger charge is -2.26. The van der Waals surface area contributed by atoms with Gasteiger partial charge in [-0.3, -0.25) is 4.90 Å². The smallest absolute Gasteiger partial charge is 0.414 e. The molecular formula is C29H38FN3O5S. The van der Waals surface area contributed by atoms with Crippen LogP contribution in [0.1, 0.15) is 43.3 Å². The molecule has 1 heterocycles. The Hall–Kier alpha value is -3.21. The van der Waals surface area contributed by atoms with E-state index in [4.69, 9.17) is 23.9 Å². The fourth-order valence-electron chi connectivity index (χ4n) is 3.65. The molecule has 0 bridgehead atoms. The van der Waals surface area contributed by atoms with E-state index in [1.54, 1.807) is 31.6 Å². The molecule has 39 heavy (non-hydrogen) atoms. The van der Waals surface area contributed by atoms with Crippen LogP contribution in [0.25, 0.3) is 22.4 Å². The predicted octanol–water partition coefficient (Wildman–Crippen LogP) is 6.92. The number of ether oxygens (including phenoxy) is 4. The van der Waals surface area contributed by atoms with Crippen molar-refractivity contribution in [1.29, 1.82) is 0 Å². The van der Waals surface area contributed by atoms with E-state index in [0.717, 1.165) is 45.0 Å². The van der Waals surface area contributed by atoms with Gasteiger partial charge >= 0.3 is 6.09 Å². The van der Waals surface area contributed by atoms with Crippen molar-refractivity contribution in [3.05, 3.63) is 46.5 Å². The number of nitrogens with zero attached hydrogens (tertiary/aromatic N) is 2. The van der Waals surface area contributed by atoms with Gasteiger partial charge in [0.1, 0.15) is 23.0 Å². The first-order chi connectivity index (χ1) is 18.6. The number of anilines is 2. The number of carbonyl (C=O) groups excluding carboxylic acids is 1. The quantitative estimate of drug-likeness (QED) is 0.180. The SMILES string of the molecule is COCOc1ccc(/C=C/c2nc3cc(C)c(NCCCOCCF)cc3s2)cc1N(C)C(=O)OC(C)(C)C. The minimum atomic E-state index is -0.623. The number of methoxy groups -OCH3 is 1. The van der Waals surface area contributed by atoms with E-state index in [9.17, 15) is 9.18 Å². The zero-order chi connectivity index (χ0) is 28.4. The predicted molar refractivity (Wildman–Crippen MR) is 157 cm³/mol. The van der Waals surface area contributed by atoms with Crippen molar-refractivity contribution >= 4 is 51.2 Å². The van der Waals surface area contributed by atoms with E-state index in [-0.39, 0.29) is 13.4 Å². The third kappa shape index (κ3) is 9.19. The minimum Gasteiger partial charge on any atom is -0.465 e. The number of rotatable bonds is 13. The zero-order valence-corrected chi connectivity index (χ0v) is 24.3. The fourth-order valence-corrected chi connectivity index (χ4v) is 4.54. The molecule has 0 radical (unpaired) electrons. The fraction of sp³-hybridized carbons (Fsp3) is 0.448. The molecule has 0 saturated heterocycles. The second kappa shape index (κ2) is 14.3. The summed E-state index contributed by atoms with van der Waals surface area (Å²) in [5.41, 5.74) is 3.90. The number of benzene rings is 2. The number of thiazole rings is 1. The van der Waals surface area contributed by atoms with Gasteiger partial charge in [0.15, 0.2) is 6.79 Å². The number of halogens is 1. The van der Waals surface area contributed by atoms with Gasteiger partial charge in [-0.25, -0.2) is 14.2 Å². The summed E-state index contributed by atoms with van der Waals surface area (Å²) in [5.74, 6) is 0.506. The first-order valence-electron chi connectivity index (χ1n) is 12.8. The molecule has 1 aromatic heterocycles. The van der Waals surface area contributed by atoms with Gasteiger partial charge in [0.25, 0.3) is 0 Å². The number of hydrogen-bond donors (Lipinski definition) is 1. The molecule has 0 aliphatic heterocycles. The lowest BCUT2D eigenvalue weighted by molar-refractivity contribution is 0.0499. The molecule has 10 heteroatoms. The van der Waals surface area contributed by atoms with Crippen LogP contribution in [0.2, 0.25) is 0 Å². The van der Waals surface area contributed by atoms with E-state index in [0.29, 0.717) is 18.0 Å². The van der Waals surface area contributed by atoms with E-state index in [1.807, 2.05) is 52.0 Å². The van der Waals surface area contributed by atoms with Crippen molar-refractivity contribution in [2.45, 2.75) is 39.7 Å². The molecule has 0 fully saturated rings. The highest BCUT2D eigenvalue weighted by atomic mass is 32.1. The molecule has 0 saturated carbocycles. The molecule has 0 spiro atoms. The van der Waals surface area contributed by atoms with Crippen LogP contribution in [0, 0.1) is 6.92 Å². The maximum atomic E-state index is 12.7. The van der Waals surface area contributed by atoms with Crippen LogP contribution >= 0.6 is 11.3 Å². The van der Waals surface area contributed by atoms with E-state index in [1.165, 1.54) is 4.90 Å². The zero-order valence-electron chi connectivity index (χ0n) is 23.5. The Labute approximate surface area is 233 Å². The molecule has 0 aliphatic carbocycles. The molecule has 212 valence electrons. The highest BCUT2D eigenvalue weighted by molar-refractivity contribution is 7.19. The second-order valence-electron chi connectivity index (χ2n) is 9.92. The van der Waals surface area contributed by atoms with Gasteiger partial charge in [-0.05, 0) is 75.6 Å². The Bertz CT molecular complexity index is 1270. The Morgan fingerprint density at radius 1 is 1.18 bits per heavy atom. The lowest BCUT2D eigenvalue weighted by atomic mass is 10.1. The number of nitrogens with one attached hydrogen (secondary N) is 1. The van der Waals surface area contributed by atoms with Crippen LogP contribution in [-0.2, 0) is 14.2 Å². The van der Waals surface area contributed by atoms with Crippen LogP contribution in [0.3, 0.4) is 0 Å². The van der Waals surface area contributed by atoms with Crippen molar-refractivity contribution in [2.75, 3.05) is 57.6 Å². The van der Waals surface area contributed by atoms with Crippen LogP contribution in [0.5, 0.6) is 5.75 Å². The summed E-state index contributed by atoms with van der Waals surface area (Å²) in [6.07, 6.45) is 4.23. The Morgan fingerprint density at radius 3 is 2.69 bits per heavy atom. The first-order valence-corrected chi connectivity index (χ1v) is 13.6. The summed E-state index contributed by atoms with van der Waals surface area (Å²) in [6.45, 7) is 8.54. The summed E-state index contributed by atoms with van der Waals surface area (Å²) in [4.78, 5) is 18.9. The highest BCUT2D eigenvalue weighted by Gasteiger charge is 2.23. The number of alkyl halides is 1. The van der Waals surface area contributed by atoms with Gasteiger partial charge < -0.3 is 24.3 Å². The lowest BCUT2D eigenvalue weighted by Crippen LogP contribution is -2.34. The minimum absolute atomic E-state index is 0.0548. The van der Waals surface area contributed by atoms with Crippen molar-refractivity contribution in [1.82, 2.24) is 4.98 Å². The topological polar surface area (TPSA) is 82.2 Å². The number of carbonyl (C=O) groups is 1. The molecular weight excluding hydrogens is 521 g/mol. The first kappa shape index (κ1) is 30.3. The van der Waals surface area contributed by atoms with Gasteiger partial charge in [-0.1, -0.05) is 12.1 Å². The summed E-state index contributed by atoms with van der Waals surface area (Å²) in [6, 6.07) is 9.75. The van der Waals surface area contributed by atoms with Gasteiger partial charge in [0.2, 0.25) is 0 Å². The average molecular weight is 560 g/mol. The Balaban J connectivity index is 1.77. The summed E-state index contributed by atoms with van der Waals surface area (Å²) >= 11 is 1.60. The normalized spacial score (nSPS) is 11.8. The maximum Gasteiger partial charge on any atom is 0.414 e. The van der Waals surface area contributed by atoms with Crippen LogP contribution in [0.4, 0.5) is 20.6 Å². The number of amides is 1. The summed E-state index contributed by atoms with van der Waals surface area (Å²) in [7, 11) is 3.19. The highest BCUT2D eigenvalue weighted by Crippen LogP contribution is 2.32. The van der Waals surface area contributed by atoms with Crippen molar-refractivity contribution in [3.8, 4) is 5.75 Å². The molecule has 8 nitrogen and oxygen atoms in total. The standard InChI is InChI=1S/C29H38FN3O5S/c1-20-16-23-26(18-22(20)31-13-7-14-36-15-12-30)39-27(32-23)11-9-21-8-10-25(37-19-35-6)24(17-21)33(5)28(34)38-29(2,3)4/h8-11,16-18,31H,7,12-15,19H2,1-6H3/b11-9+. The third-order valence-corrected chi connectivity index (χ3v) is 6.50. The van der Waals surface area contributed by atoms with Gasteiger partial charge in [0.05, 0.1) is 22.5 Å². The Kier molecular flexibility index (Phi) is 11.1. The van der Waals surface area contributed by atoms with E-state index in [2.05, 4.69) is 17.4 Å². The molecule has 0 aliphatic rings. The third-order valence-electron chi connectivity index (χ3n) is 5.52. The Morgan fingerprint density at radius 2 is 1.97 bits per heavy atom. The van der Waals surface area contributed by atoms with Crippen molar-refractivity contribution in [2.24, 2.45) is 0 Å². The van der Waals surface area contributed by atoms with E-state index >= 15 is 0 Å². The molecule has 2 aromatic carbocycles. The largest absolute Gasteiger partial charge is 0.465 e. The molecule has 3 rings (SSSR count). The monoisotopic (exact) mass is 559 g/mol. The molecule has 3 aromatic rings.